The Bertz CT molecular complexity index is 545. The zero-order valence-electron chi connectivity index (χ0n) is 13.7. The minimum atomic E-state index is -0.179. The summed E-state index contributed by atoms with van der Waals surface area (Å²) in [5, 5.41) is 0. The molecular formula is C18H23NO4. The second-order valence-corrected chi connectivity index (χ2v) is 4.62. The molecule has 0 atom stereocenters. The molecule has 0 radical (unpaired) electrons. The van der Waals surface area contributed by atoms with E-state index in [1.807, 2.05) is 0 Å². The molecule has 5 nitrogen and oxygen atoms in total. The molecule has 23 heavy (non-hydrogen) atoms. The number of carbonyl (C=O) groups excluding carboxylic acids is 1. The number of hydrogen-bond acceptors (Lipinski definition) is 4. The summed E-state index contributed by atoms with van der Waals surface area (Å²) in [6.45, 7) is 11.7. The number of rotatable bonds is 10. The Balaban J connectivity index is 2.95. The molecule has 0 spiro atoms. The molecule has 0 aliphatic heterocycles. The van der Waals surface area contributed by atoms with Gasteiger partial charge in [0.05, 0.1) is 14.2 Å². The molecule has 0 saturated carbocycles. The third-order valence-corrected chi connectivity index (χ3v) is 3.11. The van der Waals surface area contributed by atoms with Gasteiger partial charge in [0, 0.05) is 13.1 Å². The van der Waals surface area contributed by atoms with E-state index in [4.69, 9.17) is 14.2 Å². The standard InChI is InChI=1S/C18H23NO4/c1-6-9-19(10-7-2)17(20)13-23-18-15(21-4)11-14(8-3)12-16(18)22-5/h6-8,11-12H,1-3,9-10,13H2,4-5H3. The SMILES string of the molecule is C=CCN(CC=C)C(=O)COc1c(OC)cc(C=C)cc1OC. The monoisotopic (exact) mass is 317 g/mol. The van der Waals surface area contributed by atoms with Gasteiger partial charge >= 0.3 is 0 Å². The molecule has 0 aromatic heterocycles. The number of hydrogen-bond donors (Lipinski definition) is 0. The Labute approximate surface area is 137 Å². The molecule has 0 fully saturated rings. The van der Waals surface area contributed by atoms with Crippen molar-refractivity contribution in [2.75, 3.05) is 33.9 Å². The van der Waals surface area contributed by atoms with E-state index < -0.39 is 0 Å². The van der Waals surface area contributed by atoms with E-state index in [1.54, 1.807) is 35.3 Å². The number of methoxy groups -OCH3 is 2. The van der Waals surface area contributed by atoms with Gasteiger partial charge in [0.2, 0.25) is 5.75 Å². The van der Waals surface area contributed by atoms with Crippen molar-refractivity contribution in [3.05, 3.63) is 49.6 Å². The van der Waals surface area contributed by atoms with Crippen molar-refractivity contribution in [2.45, 2.75) is 0 Å². The number of nitrogens with zero attached hydrogens (tertiary/aromatic N) is 1. The average molecular weight is 317 g/mol. The fraction of sp³-hybridized carbons (Fsp3) is 0.278. The summed E-state index contributed by atoms with van der Waals surface area (Å²) < 4.78 is 16.3. The number of benzene rings is 1. The van der Waals surface area contributed by atoms with E-state index in [9.17, 15) is 4.79 Å². The lowest BCUT2D eigenvalue weighted by Crippen LogP contribution is -2.35. The first-order chi connectivity index (χ1) is 11.1. The highest BCUT2D eigenvalue weighted by Crippen LogP contribution is 2.38. The maximum atomic E-state index is 12.2. The molecule has 0 unspecified atom stereocenters. The molecule has 0 N–H and O–H groups in total. The molecule has 1 amide bonds. The maximum absolute atomic E-state index is 12.2. The topological polar surface area (TPSA) is 48.0 Å². The summed E-state index contributed by atoms with van der Waals surface area (Å²) in [6, 6.07) is 3.53. The molecule has 0 aliphatic rings. The van der Waals surface area contributed by atoms with Gasteiger partial charge < -0.3 is 19.1 Å². The predicted molar refractivity (Wildman–Crippen MR) is 92.1 cm³/mol. The van der Waals surface area contributed by atoms with Crippen molar-refractivity contribution < 1.29 is 19.0 Å². The summed E-state index contributed by atoms with van der Waals surface area (Å²) in [7, 11) is 3.05. The van der Waals surface area contributed by atoms with Crippen LogP contribution in [0, 0.1) is 0 Å². The van der Waals surface area contributed by atoms with Crippen molar-refractivity contribution in [3.8, 4) is 17.2 Å². The van der Waals surface area contributed by atoms with Gasteiger partial charge in [-0.15, -0.1) is 13.2 Å². The summed E-state index contributed by atoms with van der Waals surface area (Å²) in [4.78, 5) is 13.8. The van der Waals surface area contributed by atoms with Crippen molar-refractivity contribution in [3.63, 3.8) is 0 Å². The molecular weight excluding hydrogens is 294 g/mol. The Hall–Kier alpha value is -2.69. The van der Waals surface area contributed by atoms with Crippen molar-refractivity contribution in [2.24, 2.45) is 0 Å². The molecule has 0 heterocycles. The van der Waals surface area contributed by atoms with Crippen LogP contribution in [0.5, 0.6) is 17.2 Å². The van der Waals surface area contributed by atoms with Crippen molar-refractivity contribution >= 4 is 12.0 Å². The van der Waals surface area contributed by atoms with Gasteiger partial charge in [0.15, 0.2) is 18.1 Å². The first-order valence-electron chi connectivity index (χ1n) is 7.12. The third kappa shape index (κ3) is 4.92. The third-order valence-electron chi connectivity index (χ3n) is 3.11. The molecule has 0 saturated heterocycles. The van der Waals surface area contributed by atoms with Gasteiger partial charge in [-0.05, 0) is 17.7 Å². The van der Waals surface area contributed by atoms with Crippen molar-refractivity contribution in [1.29, 1.82) is 0 Å². The molecule has 124 valence electrons. The van der Waals surface area contributed by atoms with E-state index in [0.29, 0.717) is 30.3 Å². The minimum absolute atomic E-state index is 0.137. The van der Waals surface area contributed by atoms with Crippen LogP contribution < -0.4 is 14.2 Å². The fourth-order valence-corrected chi connectivity index (χ4v) is 1.98. The fourth-order valence-electron chi connectivity index (χ4n) is 1.98. The van der Waals surface area contributed by atoms with Gasteiger partial charge in [0.25, 0.3) is 5.91 Å². The molecule has 0 aliphatic carbocycles. The lowest BCUT2D eigenvalue weighted by molar-refractivity contribution is -0.132. The second kappa shape index (κ2) is 9.35. The van der Waals surface area contributed by atoms with Crippen LogP contribution in [0.1, 0.15) is 5.56 Å². The first kappa shape index (κ1) is 18.4. The highest BCUT2D eigenvalue weighted by atomic mass is 16.5. The van der Waals surface area contributed by atoms with Gasteiger partial charge in [-0.25, -0.2) is 0 Å². The number of ether oxygens (including phenoxy) is 3. The number of carbonyl (C=O) groups is 1. The van der Waals surface area contributed by atoms with Crippen LogP contribution in [0.25, 0.3) is 6.08 Å². The number of amides is 1. The average Bonchev–Trinajstić information content (AvgIpc) is 2.58. The Kier molecular flexibility index (Phi) is 7.47. The lowest BCUT2D eigenvalue weighted by Gasteiger charge is -2.20. The normalized spacial score (nSPS) is 9.65. The Morgan fingerprint density at radius 2 is 1.61 bits per heavy atom. The minimum Gasteiger partial charge on any atom is -0.493 e. The second-order valence-electron chi connectivity index (χ2n) is 4.62. The van der Waals surface area contributed by atoms with E-state index >= 15 is 0 Å². The van der Waals surface area contributed by atoms with E-state index in [1.165, 1.54) is 14.2 Å². The van der Waals surface area contributed by atoms with E-state index in [-0.39, 0.29) is 12.5 Å². The molecule has 1 rings (SSSR count). The molecule has 0 bridgehead atoms. The maximum Gasteiger partial charge on any atom is 0.261 e. The van der Waals surface area contributed by atoms with Crippen LogP contribution in [0.4, 0.5) is 0 Å². The smallest absolute Gasteiger partial charge is 0.261 e. The van der Waals surface area contributed by atoms with Gasteiger partial charge in [-0.2, -0.15) is 0 Å². The van der Waals surface area contributed by atoms with Gasteiger partial charge in [-0.1, -0.05) is 24.8 Å². The zero-order valence-corrected chi connectivity index (χ0v) is 13.7. The first-order valence-corrected chi connectivity index (χ1v) is 7.12. The largest absolute Gasteiger partial charge is 0.493 e. The van der Waals surface area contributed by atoms with Crippen LogP contribution in [0.15, 0.2) is 44.0 Å². The van der Waals surface area contributed by atoms with Crippen LogP contribution >= 0.6 is 0 Å². The predicted octanol–water partition coefficient (Wildman–Crippen LogP) is 2.93. The van der Waals surface area contributed by atoms with Crippen LogP contribution in [-0.2, 0) is 4.79 Å². The van der Waals surface area contributed by atoms with Gasteiger partial charge in [-0.3, -0.25) is 4.79 Å². The molecule has 5 heteroatoms. The molecule has 1 aromatic carbocycles. The summed E-state index contributed by atoms with van der Waals surface area (Å²) in [5.41, 5.74) is 0.831. The van der Waals surface area contributed by atoms with Crippen LogP contribution in [-0.4, -0.2) is 44.7 Å². The summed E-state index contributed by atoms with van der Waals surface area (Å²) in [5.74, 6) is 1.16. The lowest BCUT2D eigenvalue weighted by atomic mass is 10.2. The summed E-state index contributed by atoms with van der Waals surface area (Å²) >= 11 is 0. The van der Waals surface area contributed by atoms with E-state index in [2.05, 4.69) is 19.7 Å². The van der Waals surface area contributed by atoms with Crippen molar-refractivity contribution in [1.82, 2.24) is 4.90 Å². The van der Waals surface area contributed by atoms with Crippen LogP contribution in [0.2, 0.25) is 0 Å². The highest BCUT2D eigenvalue weighted by Gasteiger charge is 2.17. The summed E-state index contributed by atoms with van der Waals surface area (Å²) in [6.07, 6.45) is 4.98. The zero-order chi connectivity index (χ0) is 17.2. The Morgan fingerprint density at radius 1 is 1.09 bits per heavy atom. The van der Waals surface area contributed by atoms with E-state index in [0.717, 1.165) is 5.56 Å². The quantitative estimate of drug-likeness (QED) is 0.623. The highest BCUT2D eigenvalue weighted by molar-refractivity contribution is 5.78. The van der Waals surface area contributed by atoms with Crippen LogP contribution in [0.3, 0.4) is 0 Å². The Morgan fingerprint density at radius 3 is 2.00 bits per heavy atom. The molecule has 1 aromatic rings. The van der Waals surface area contributed by atoms with Gasteiger partial charge in [0.1, 0.15) is 0 Å².